The minimum absolute atomic E-state index is 0.0586. The highest BCUT2D eigenvalue weighted by molar-refractivity contribution is 5.92. The number of hydrogen-bond acceptors (Lipinski definition) is 3. The van der Waals surface area contributed by atoms with Crippen molar-refractivity contribution in [3.8, 4) is 11.5 Å². The highest BCUT2D eigenvalue weighted by atomic mass is 16.7. The molecule has 1 aliphatic rings. The van der Waals surface area contributed by atoms with Crippen molar-refractivity contribution in [2.75, 3.05) is 6.79 Å². The van der Waals surface area contributed by atoms with Crippen molar-refractivity contribution in [2.45, 2.75) is 45.6 Å². The molecule has 114 valence electrons. The van der Waals surface area contributed by atoms with Crippen LogP contribution in [0, 0.1) is 0 Å². The highest BCUT2D eigenvalue weighted by Crippen LogP contribution is 2.32. The smallest absolute Gasteiger partial charge is 0.244 e. The molecule has 1 heterocycles. The van der Waals surface area contributed by atoms with Gasteiger partial charge in [-0.25, -0.2) is 0 Å². The molecule has 1 aromatic carbocycles. The Balaban J connectivity index is 1.81. The summed E-state index contributed by atoms with van der Waals surface area (Å²) in [6.07, 6.45) is 7.95. The zero-order chi connectivity index (χ0) is 15.1. The summed E-state index contributed by atoms with van der Waals surface area (Å²) < 4.78 is 10.6. The van der Waals surface area contributed by atoms with Crippen LogP contribution in [0.25, 0.3) is 6.08 Å². The van der Waals surface area contributed by atoms with Gasteiger partial charge in [0.1, 0.15) is 0 Å². The zero-order valence-electron chi connectivity index (χ0n) is 12.7. The van der Waals surface area contributed by atoms with Crippen molar-refractivity contribution >= 4 is 12.0 Å². The Kier molecular flexibility index (Phi) is 5.67. The predicted octanol–water partition coefficient (Wildman–Crippen LogP) is 3.51. The van der Waals surface area contributed by atoms with E-state index in [9.17, 15) is 4.79 Å². The average molecular weight is 289 g/mol. The van der Waals surface area contributed by atoms with Gasteiger partial charge >= 0.3 is 0 Å². The summed E-state index contributed by atoms with van der Waals surface area (Å²) >= 11 is 0. The topological polar surface area (TPSA) is 47.6 Å². The van der Waals surface area contributed by atoms with Crippen LogP contribution in [0.1, 0.15) is 45.1 Å². The molecule has 1 aromatic rings. The van der Waals surface area contributed by atoms with E-state index in [2.05, 4.69) is 12.2 Å². The van der Waals surface area contributed by atoms with Crippen molar-refractivity contribution in [3.63, 3.8) is 0 Å². The number of hydrogen-bond donors (Lipinski definition) is 1. The molecule has 21 heavy (non-hydrogen) atoms. The molecule has 4 heteroatoms. The molecular formula is C17H23NO3. The number of fused-ring (bicyclic) bond motifs is 1. The third-order valence-electron chi connectivity index (χ3n) is 3.45. The van der Waals surface area contributed by atoms with Gasteiger partial charge in [-0.05, 0) is 37.1 Å². The summed E-state index contributed by atoms with van der Waals surface area (Å²) in [5.41, 5.74) is 0.924. The fraction of sp³-hybridized carbons (Fsp3) is 0.471. The lowest BCUT2D eigenvalue weighted by Crippen LogP contribution is -2.30. The molecule has 0 saturated carbocycles. The second-order valence-electron chi connectivity index (χ2n) is 5.35. The number of rotatable bonds is 7. The first-order valence-electron chi connectivity index (χ1n) is 7.57. The van der Waals surface area contributed by atoms with E-state index in [4.69, 9.17) is 9.47 Å². The maximum atomic E-state index is 11.8. The molecule has 2 rings (SSSR count). The van der Waals surface area contributed by atoms with Crippen molar-refractivity contribution in [1.82, 2.24) is 5.32 Å². The van der Waals surface area contributed by atoms with Gasteiger partial charge in [-0.2, -0.15) is 0 Å². The van der Waals surface area contributed by atoms with E-state index in [0.29, 0.717) is 0 Å². The summed E-state index contributed by atoms with van der Waals surface area (Å²) in [7, 11) is 0. The van der Waals surface area contributed by atoms with Gasteiger partial charge in [-0.3, -0.25) is 4.79 Å². The van der Waals surface area contributed by atoms with Gasteiger partial charge in [0.15, 0.2) is 11.5 Å². The van der Waals surface area contributed by atoms with Crippen LogP contribution in [0.3, 0.4) is 0 Å². The van der Waals surface area contributed by atoms with Crippen LogP contribution in [0.15, 0.2) is 24.3 Å². The molecule has 0 saturated heterocycles. The predicted molar refractivity (Wildman–Crippen MR) is 83.3 cm³/mol. The summed E-state index contributed by atoms with van der Waals surface area (Å²) in [5, 5.41) is 2.98. The zero-order valence-corrected chi connectivity index (χ0v) is 12.7. The minimum Gasteiger partial charge on any atom is -0.454 e. The summed E-state index contributed by atoms with van der Waals surface area (Å²) in [6.45, 7) is 4.48. The Morgan fingerprint density at radius 2 is 2.14 bits per heavy atom. The first-order valence-corrected chi connectivity index (χ1v) is 7.57. The summed E-state index contributed by atoms with van der Waals surface area (Å²) in [5.74, 6) is 1.42. The number of nitrogens with one attached hydrogen (secondary N) is 1. The number of ether oxygens (including phenoxy) is 2. The Morgan fingerprint density at radius 1 is 1.33 bits per heavy atom. The fourth-order valence-electron chi connectivity index (χ4n) is 2.25. The third kappa shape index (κ3) is 4.81. The van der Waals surface area contributed by atoms with Crippen LogP contribution < -0.4 is 14.8 Å². The first kappa shape index (κ1) is 15.4. The Morgan fingerprint density at radius 3 is 2.95 bits per heavy atom. The molecule has 4 nitrogen and oxygen atoms in total. The van der Waals surface area contributed by atoms with Gasteiger partial charge < -0.3 is 14.8 Å². The van der Waals surface area contributed by atoms with Gasteiger partial charge in [0, 0.05) is 12.1 Å². The van der Waals surface area contributed by atoms with Crippen LogP contribution in [0.5, 0.6) is 11.5 Å². The van der Waals surface area contributed by atoms with Gasteiger partial charge in [-0.15, -0.1) is 0 Å². The SMILES string of the molecule is CCCCC[C@H](C)NC(=O)/C=C/c1ccc2c(c1)OCO2. The lowest BCUT2D eigenvalue weighted by atomic mass is 10.1. The summed E-state index contributed by atoms with van der Waals surface area (Å²) in [6, 6.07) is 5.84. The maximum Gasteiger partial charge on any atom is 0.244 e. The molecule has 0 aromatic heterocycles. The summed E-state index contributed by atoms with van der Waals surface area (Å²) in [4.78, 5) is 11.8. The van der Waals surface area contributed by atoms with Crippen LogP contribution in [0.2, 0.25) is 0 Å². The van der Waals surface area contributed by atoms with E-state index < -0.39 is 0 Å². The van der Waals surface area contributed by atoms with Crippen LogP contribution in [-0.4, -0.2) is 18.7 Å². The number of carbonyl (C=O) groups is 1. The largest absolute Gasteiger partial charge is 0.454 e. The maximum absolute atomic E-state index is 11.8. The third-order valence-corrected chi connectivity index (χ3v) is 3.45. The van der Waals surface area contributed by atoms with Crippen LogP contribution in [0.4, 0.5) is 0 Å². The number of amides is 1. The van der Waals surface area contributed by atoms with Gasteiger partial charge in [0.25, 0.3) is 0 Å². The molecule has 0 unspecified atom stereocenters. The fourth-order valence-corrected chi connectivity index (χ4v) is 2.25. The van der Waals surface area contributed by atoms with Crippen molar-refractivity contribution in [3.05, 3.63) is 29.8 Å². The van der Waals surface area contributed by atoms with E-state index in [1.807, 2.05) is 25.1 Å². The average Bonchev–Trinajstić information content (AvgIpc) is 2.93. The highest BCUT2D eigenvalue weighted by Gasteiger charge is 2.12. The first-order chi connectivity index (χ1) is 10.2. The monoisotopic (exact) mass is 289 g/mol. The lowest BCUT2D eigenvalue weighted by Gasteiger charge is -2.11. The van der Waals surface area contributed by atoms with Gasteiger partial charge in [0.2, 0.25) is 12.7 Å². The second-order valence-corrected chi connectivity index (χ2v) is 5.35. The molecule has 0 aliphatic carbocycles. The van der Waals surface area contributed by atoms with Crippen LogP contribution in [-0.2, 0) is 4.79 Å². The molecule has 1 amide bonds. The minimum atomic E-state index is -0.0586. The van der Waals surface area contributed by atoms with E-state index in [1.165, 1.54) is 12.8 Å². The molecular weight excluding hydrogens is 266 g/mol. The van der Waals surface area contributed by atoms with E-state index in [1.54, 1.807) is 12.2 Å². The lowest BCUT2D eigenvalue weighted by molar-refractivity contribution is -0.117. The number of benzene rings is 1. The Hall–Kier alpha value is -1.97. The van der Waals surface area contributed by atoms with E-state index in [0.717, 1.165) is 29.9 Å². The van der Waals surface area contributed by atoms with E-state index >= 15 is 0 Å². The van der Waals surface area contributed by atoms with Gasteiger partial charge in [-0.1, -0.05) is 32.3 Å². The van der Waals surface area contributed by atoms with Crippen LogP contribution >= 0.6 is 0 Å². The standard InChI is InChI=1S/C17H23NO3/c1-3-4-5-6-13(2)18-17(19)10-8-14-7-9-15-16(11-14)21-12-20-15/h7-11,13H,3-6,12H2,1-2H3,(H,18,19)/b10-8+/t13-/m0/s1. The molecule has 0 fully saturated rings. The Labute approximate surface area is 126 Å². The van der Waals surface area contributed by atoms with E-state index in [-0.39, 0.29) is 18.7 Å². The van der Waals surface area contributed by atoms with Gasteiger partial charge in [0.05, 0.1) is 0 Å². The molecule has 1 aliphatic heterocycles. The number of carbonyl (C=O) groups excluding carboxylic acids is 1. The van der Waals surface area contributed by atoms with Crippen molar-refractivity contribution < 1.29 is 14.3 Å². The second kappa shape index (κ2) is 7.72. The molecule has 1 atom stereocenters. The quantitative estimate of drug-likeness (QED) is 0.617. The Bertz CT molecular complexity index is 511. The molecule has 0 radical (unpaired) electrons. The molecule has 1 N–H and O–H groups in total. The van der Waals surface area contributed by atoms with Crippen molar-refractivity contribution in [2.24, 2.45) is 0 Å². The normalized spacial score (nSPS) is 14.4. The van der Waals surface area contributed by atoms with Crippen molar-refractivity contribution in [1.29, 1.82) is 0 Å². The number of unbranched alkanes of at least 4 members (excludes halogenated alkanes) is 2. The molecule has 0 bridgehead atoms. The molecule has 0 spiro atoms.